The summed E-state index contributed by atoms with van der Waals surface area (Å²) in [6.07, 6.45) is 2.80. The van der Waals surface area contributed by atoms with Crippen molar-refractivity contribution in [2.75, 3.05) is 0 Å². The smallest absolute Gasteiger partial charge is 0.307 e. The number of carboxylic acids is 1. The van der Waals surface area contributed by atoms with Gasteiger partial charge in [0.15, 0.2) is 0 Å². The van der Waals surface area contributed by atoms with Crippen molar-refractivity contribution < 1.29 is 14.3 Å². The van der Waals surface area contributed by atoms with Gasteiger partial charge in [-0.2, -0.15) is 0 Å². The van der Waals surface area contributed by atoms with Gasteiger partial charge in [0.1, 0.15) is 5.82 Å². The van der Waals surface area contributed by atoms with E-state index in [1.54, 1.807) is 6.07 Å². The standard InChI is InChI=1S/C10H8ClFO2/c11-10-7(3-1-5-8(10)12)4-2-6-9(13)14/h1-5H,6H2,(H,13,14)/b4-2+. The molecular weight excluding hydrogens is 207 g/mol. The molecule has 0 saturated carbocycles. The summed E-state index contributed by atoms with van der Waals surface area (Å²) in [4.78, 5) is 10.2. The van der Waals surface area contributed by atoms with E-state index in [-0.39, 0.29) is 11.4 Å². The molecule has 4 heteroatoms. The minimum Gasteiger partial charge on any atom is -0.481 e. The van der Waals surface area contributed by atoms with E-state index < -0.39 is 11.8 Å². The highest BCUT2D eigenvalue weighted by atomic mass is 35.5. The van der Waals surface area contributed by atoms with E-state index in [2.05, 4.69) is 0 Å². The quantitative estimate of drug-likeness (QED) is 0.840. The van der Waals surface area contributed by atoms with Crippen molar-refractivity contribution in [1.82, 2.24) is 0 Å². The molecule has 74 valence electrons. The van der Waals surface area contributed by atoms with Gasteiger partial charge >= 0.3 is 5.97 Å². The summed E-state index contributed by atoms with van der Waals surface area (Å²) < 4.78 is 12.9. The van der Waals surface area contributed by atoms with Crippen molar-refractivity contribution in [3.63, 3.8) is 0 Å². The average molecular weight is 215 g/mol. The van der Waals surface area contributed by atoms with Crippen LogP contribution in [0.4, 0.5) is 4.39 Å². The molecule has 0 amide bonds. The van der Waals surface area contributed by atoms with Crippen LogP contribution in [0.15, 0.2) is 24.3 Å². The number of hydrogen-bond acceptors (Lipinski definition) is 1. The van der Waals surface area contributed by atoms with Gasteiger partial charge < -0.3 is 5.11 Å². The van der Waals surface area contributed by atoms with Crippen LogP contribution < -0.4 is 0 Å². The van der Waals surface area contributed by atoms with Crippen LogP contribution in [0.2, 0.25) is 5.02 Å². The molecule has 1 rings (SSSR count). The van der Waals surface area contributed by atoms with Crippen LogP contribution in [0.3, 0.4) is 0 Å². The van der Waals surface area contributed by atoms with Gasteiger partial charge in [0, 0.05) is 0 Å². The summed E-state index contributed by atoms with van der Waals surface area (Å²) in [6.45, 7) is 0. The average Bonchev–Trinajstić information content (AvgIpc) is 2.12. The first-order chi connectivity index (χ1) is 6.61. The molecule has 0 spiro atoms. The minimum atomic E-state index is -0.936. The predicted octanol–water partition coefficient (Wildman–Crippen LogP) is 2.97. The summed E-state index contributed by atoms with van der Waals surface area (Å²) >= 11 is 5.63. The molecule has 0 saturated heterocycles. The van der Waals surface area contributed by atoms with Gasteiger partial charge in [-0.1, -0.05) is 35.9 Å². The highest BCUT2D eigenvalue weighted by Crippen LogP contribution is 2.20. The summed E-state index contributed by atoms with van der Waals surface area (Å²) in [5, 5.41) is 8.37. The van der Waals surface area contributed by atoms with E-state index in [0.29, 0.717) is 5.56 Å². The van der Waals surface area contributed by atoms with Crippen LogP contribution >= 0.6 is 11.6 Å². The third-order valence-corrected chi connectivity index (χ3v) is 1.97. The van der Waals surface area contributed by atoms with Gasteiger partial charge in [0.05, 0.1) is 11.4 Å². The van der Waals surface area contributed by atoms with Gasteiger partial charge in [-0.25, -0.2) is 4.39 Å². The number of carboxylic acid groups (broad SMARTS) is 1. The van der Waals surface area contributed by atoms with E-state index in [9.17, 15) is 9.18 Å². The zero-order valence-corrected chi connectivity index (χ0v) is 7.96. The lowest BCUT2D eigenvalue weighted by Gasteiger charge is -1.97. The lowest BCUT2D eigenvalue weighted by atomic mass is 10.2. The molecule has 0 bridgehead atoms. The molecule has 0 aliphatic carbocycles. The fraction of sp³-hybridized carbons (Fsp3) is 0.100. The molecule has 0 aliphatic rings. The Balaban J connectivity index is 2.81. The molecule has 0 fully saturated rings. The maximum Gasteiger partial charge on any atom is 0.307 e. The third kappa shape index (κ3) is 2.85. The Morgan fingerprint density at radius 3 is 2.93 bits per heavy atom. The highest BCUT2D eigenvalue weighted by molar-refractivity contribution is 6.32. The van der Waals surface area contributed by atoms with Crippen molar-refractivity contribution in [2.24, 2.45) is 0 Å². The maximum absolute atomic E-state index is 12.9. The molecule has 0 aliphatic heterocycles. The second-order valence-corrected chi connectivity index (χ2v) is 3.02. The number of benzene rings is 1. The molecule has 0 atom stereocenters. The van der Waals surface area contributed by atoms with Gasteiger partial charge in [-0.05, 0) is 11.6 Å². The van der Waals surface area contributed by atoms with E-state index in [0.717, 1.165) is 0 Å². The molecule has 14 heavy (non-hydrogen) atoms. The second-order valence-electron chi connectivity index (χ2n) is 2.64. The third-order valence-electron chi connectivity index (χ3n) is 1.57. The largest absolute Gasteiger partial charge is 0.481 e. The molecule has 1 aromatic carbocycles. The predicted molar refractivity (Wildman–Crippen MR) is 52.7 cm³/mol. The molecular formula is C10H8ClFO2. The van der Waals surface area contributed by atoms with Crippen molar-refractivity contribution in [3.8, 4) is 0 Å². The van der Waals surface area contributed by atoms with Crippen LogP contribution in [-0.2, 0) is 4.79 Å². The van der Waals surface area contributed by atoms with E-state index in [1.165, 1.54) is 24.3 Å². The van der Waals surface area contributed by atoms with Crippen molar-refractivity contribution in [1.29, 1.82) is 0 Å². The van der Waals surface area contributed by atoms with Crippen LogP contribution in [0.5, 0.6) is 0 Å². The number of carbonyl (C=O) groups is 1. The number of hydrogen-bond donors (Lipinski definition) is 1. The fourth-order valence-electron chi connectivity index (χ4n) is 0.936. The second kappa shape index (κ2) is 4.77. The van der Waals surface area contributed by atoms with Gasteiger partial charge in [0.25, 0.3) is 0 Å². The van der Waals surface area contributed by atoms with Gasteiger partial charge in [-0.15, -0.1) is 0 Å². The number of halogens is 2. The zero-order valence-electron chi connectivity index (χ0n) is 7.21. The van der Waals surface area contributed by atoms with Crippen molar-refractivity contribution in [2.45, 2.75) is 6.42 Å². The summed E-state index contributed by atoms with van der Waals surface area (Å²) in [6, 6.07) is 4.38. The maximum atomic E-state index is 12.9. The Morgan fingerprint density at radius 2 is 2.29 bits per heavy atom. The topological polar surface area (TPSA) is 37.3 Å². The fourth-order valence-corrected chi connectivity index (χ4v) is 1.12. The summed E-state index contributed by atoms with van der Waals surface area (Å²) in [5.74, 6) is -1.45. The summed E-state index contributed by atoms with van der Waals surface area (Å²) in [7, 11) is 0. The Morgan fingerprint density at radius 1 is 1.57 bits per heavy atom. The first-order valence-corrected chi connectivity index (χ1v) is 4.31. The molecule has 1 N–H and O–H groups in total. The van der Waals surface area contributed by atoms with Crippen LogP contribution in [-0.4, -0.2) is 11.1 Å². The Labute approximate surface area is 85.6 Å². The summed E-state index contributed by atoms with van der Waals surface area (Å²) in [5.41, 5.74) is 0.480. The first-order valence-electron chi connectivity index (χ1n) is 3.93. The molecule has 2 nitrogen and oxygen atoms in total. The minimum absolute atomic E-state index is 0.00846. The van der Waals surface area contributed by atoms with Crippen molar-refractivity contribution >= 4 is 23.6 Å². The van der Waals surface area contributed by atoms with Gasteiger partial charge in [0.2, 0.25) is 0 Å². The SMILES string of the molecule is O=C(O)C/C=C/c1cccc(F)c1Cl. The molecule has 0 radical (unpaired) electrons. The van der Waals surface area contributed by atoms with Crippen LogP contribution in [0.1, 0.15) is 12.0 Å². The van der Waals surface area contributed by atoms with E-state index in [1.807, 2.05) is 0 Å². The Kier molecular flexibility index (Phi) is 3.65. The molecule has 0 heterocycles. The zero-order chi connectivity index (χ0) is 10.6. The number of aliphatic carboxylic acids is 1. The van der Waals surface area contributed by atoms with Crippen molar-refractivity contribution in [3.05, 3.63) is 40.7 Å². The van der Waals surface area contributed by atoms with Crippen LogP contribution in [0.25, 0.3) is 6.08 Å². The molecule has 0 aromatic heterocycles. The lowest BCUT2D eigenvalue weighted by molar-refractivity contribution is -0.135. The lowest BCUT2D eigenvalue weighted by Crippen LogP contribution is -1.89. The first kappa shape index (κ1) is 10.7. The molecule has 1 aromatic rings. The highest BCUT2D eigenvalue weighted by Gasteiger charge is 2.01. The van der Waals surface area contributed by atoms with Gasteiger partial charge in [-0.3, -0.25) is 4.79 Å². The molecule has 0 unspecified atom stereocenters. The van der Waals surface area contributed by atoms with E-state index in [4.69, 9.17) is 16.7 Å². The Hall–Kier alpha value is -1.35. The van der Waals surface area contributed by atoms with Crippen LogP contribution in [0, 0.1) is 5.82 Å². The monoisotopic (exact) mass is 214 g/mol. The normalized spacial score (nSPS) is 10.7. The number of rotatable bonds is 3. The Bertz CT molecular complexity index is 374. The van der Waals surface area contributed by atoms with E-state index >= 15 is 0 Å².